The molecule has 3 nitrogen and oxygen atoms in total. The Morgan fingerprint density at radius 2 is 2.05 bits per heavy atom. The highest BCUT2D eigenvalue weighted by Crippen LogP contribution is 2.38. The Morgan fingerprint density at radius 1 is 1.29 bits per heavy atom. The van der Waals surface area contributed by atoms with E-state index in [0.29, 0.717) is 0 Å². The third-order valence-electron chi connectivity index (χ3n) is 5.28. The Balaban J connectivity index is 1.66. The minimum Gasteiger partial charge on any atom is -0.497 e. The summed E-state index contributed by atoms with van der Waals surface area (Å²) in [6.07, 6.45) is 5.84. The van der Waals surface area contributed by atoms with Crippen LogP contribution >= 0.6 is 0 Å². The van der Waals surface area contributed by atoms with Crippen LogP contribution in [0.25, 0.3) is 0 Å². The van der Waals surface area contributed by atoms with Gasteiger partial charge in [-0.05, 0) is 61.5 Å². The van der Waals surface area contributed by atoms with Gasteiger partial charge in [0.1, 0.15) is 5.75 Å². The maximum atomic E-state index is 10.7. The maximum Gasteiger partial charge on any atom is 0.119 e. The number of hydrogen-bond acceptors (Lipinski definition) is 3. The van der Waals surface area contributed by atoms with Gasteiger partial charge in [-0.3, -0.25) is 4.90 Å². The van der Waals surface area contributed by atoms with Crippen molar-refractivity contribution in [1.82, 2.24) is 4.90 Å². The molecule has 2 unspecified atom stereocenters. The summed E-state index contributed by atoms with van der Waals surface area (Å²) < 4.78 is 5.28. The molecule has 1 aliphatic carbocycles. The van der Waals surface area contributed by atoms with Gasteiger partial charge >= 0.3 is 0 Å². The van der Waals surface area contributed by atoms with Crippen molar-refractivity contribution < 1.29 is 9.84 Å². The van der Waals surface area contributed by atoms with Gasteiger partial charge in [-0.25, -0.2) is 0 Å². The molecular formula is C18H27NO2. The number of methoxy groups -OCH3 is 1. The van der Waals surface area contributed by atoms with Crippen LogP contribution in [0.5, 0.6) is 5.75 Å². The fraction of sp³-hybridized carbons (Fsp3) is 0.667. The number of aliphatic hydroxyl groups excluding tert-OH is 1. The standard InChI is InChI=1S/C18H27NO2/c1-3-4-13-7-9-19(10-8-13)17-11-14-5-6-15(21-2)12-16(14)18(17)20/h5-6,12-13,17-18,20H,3-4,7-11H2,1-2H3. The van der Waals surface area contributed by atoms with Gasteiger partial charge in [0.15, 0.2) is 0 Å². The second-order valence-electron chi connectivity index (χ2n) is 6.55. The molecule has 1 aliphatic heterocycles. The van der Waals surface area contributed by atoms with Crippen molar-refractivity contribution in [3.8, 4) is 5.75 Å². The molecule has 0 radical (unpaired) electrons. The monoisotopic (exact) mass is 289 g/mol. The summed E-state index contributed by atoms with van der Waals surface area (Å²) in [6, 6.07) is 6.38. The molecule has 1 N–H and O–H groups in total. The molecule has 0 aromatic heterocycles. The van der Waals surface area contributed by atoms with Gasteiger partial charge in [-0.15, -0.1) is 0 Å². The third-order valence-corrected chi connectivity index (χ3v) is 5.28. The highest BCUT2D eigenvalue weighted by Gasteiger charge is 2.36. The second-order valence-corrected chi connectivity index (χ2v) is 6.55. The zero-order chi connectivity index (χ0) is 14.8. The first-order valence-electron chi connectivity index (χ1n) is 8.31. The van der Waals surface area contributed by atoms with E-state index in [4.69, 9.17) is 4.74 Å². The van der Waals surface area contributed by atoms with Crippen molar-refractivity contribution in [1.29, 1.82) is 0 Å². The van der Waals surface area contributed by atoms with E-state index in [1.54, 1.807) is 7.11 Å². The minimum absolute atomic E-state index is 0.259. The van der Waals surface area contributed by atoms with E-state index >= 15 is 0 Å². The Morgan fingerprint density at radius 3 is 2.71 bits per heavy atom. The highest BCUT2D eigenvalue weighted by molar-refractivity contribution is 5.41. The van der Waals surface area contributed by atoms with E-state index in [0.717, 1.165) is 36.7 Å². The Kier molecular flexibility index (Phi) is 4.51. The van der Waals surface area contributed by atoms with Gasteiger partial charge in [-0.2, -0.15) is 0 Å². The summed E-state index contributed by atoms with van der Waals surface area (Å²) in [5.74, 6) is 1.74. The molecule has 2 aliphatic rings. The Bertz CT molecular complexity index is 480. The summed E-state index contributed by atoms with van der Waals surface area (Å²) >= 11 is 0. The highest BCUT2D eigenvalue weighted by atomic mass is 16.5. The molecule has 1 fully saturated rings. The van der Waals surface area contributed by atoms with Crippen molar-refractivity contribution in [2.45, 2.75) is 51.2 Å². The van der Waals surface area contributed by atoms with Crippen LogP contribution in [0.3, 0.4) is 0 Å². The molecule has 1 aromatic rings. The van der Waals surface area contributed by atoms with E-state index in [1.807, 2.05) is 12.1 Å². The van der Waals surface area contributed by atoms with Crippen LogP contribution in [0.15, 0.2) is 18.2 Å². The fourth-order valence-corrected chi connectivity index (χ4v) is 4.02. The van der Waals surface area contributed by atoms with Crippen LogP contribution in [-0.2, 0) is 6.42 Å². The molecule has 2 atom stereocenters. The SMILES string of the molecule is CCCC1CCN(C2Cc3ccc(OC)cc3C2O)CC1. The van der Waals surface area contributed by atoms with Gasteiger partial charge in [-0.1, -0.05) is 25.8 Å². The summed E-state index contributed by atoms with van der Waals surface area (Å²) in [6.45, 7) is 4.55. The number of fused-ring (bicyclic) bond motifs is 1. The summed E-state index contributed by atoms with van der Waals surface area (Å²) in [5.41, 5.74) is 2.35. The minimum atomic E-state index is -0.363. The number of nitrogens with zero attached hydrogens (tertiary/aromatic N) is 1. The van der Waals surface area contributed by atoms with E-state index in [2.05, 4.69) is 17.9 Å². The molecule has 0 amide bonds. The lowest BCUT2D eigenvalue weighted by molar-refractivity contribution is 0.0381. The molecule has 0 saturated carbocycles. The van der Waals surface area contributed by atoms with E-state index in [1.165, 1.54) is 31.2 Å². The molecule has 116 valence electrons. The molecule has 1 heterocycles. The van der Waals surface area contributed by atoms with Gasteiger partial charge in [0, 0.05) is 6.04 Å². The van der Waals surface area contributed by atoms with Crippen LogP contribution in [0.2, 0.25) is 0 Å². The van der Waals surface area contributed by atoms with E-state index in [9.17, 15) is 5.11 Å². The maximum absolute atomic E-state index is 10.7. The molecule has 1 saturated heterocycles. The summed E-state index contributed by atoms with van der Waals surface area (Å²) in [5, 5.41) is 10.7. The second kappa shape index (κ2) is 6.37. The third kappa shape index (κ3) is 2.95. The average Bonchev–Trinajstić information content (AvgIpc) is 2.85. The van der Waals surface area contributed by atoms with Crippen molar-refractivity contribution in [2.24, 2.45) is 5.92 Å². The number of aliphatic hydroxyl groups is 1. The number of likely N-dealkylation sites (tertiary alicyclic amines) is 1. The van der Waals surface area contributed by atoms with Crippen LogP contribution in [-0.4, -0.2) is 36.2 Å². The number of benzene rings is 1. The first-order valence-corrected chi connectivity index (χ1v) is 8.31. The van der Waals surface area contributed by atoms with E-state index < -0.39 is 0 Å². The molecular weight excluding hydrogens is 262 g/mol. The van der Waals surface area contributed by atoms with E-state index in [-0.39, 0.29) is 12.1 Å². The largest absolute Gasteiger partial charge is 0.497 e. The zero-order valence-corrected chi connectivity index (χ0v) is 13.2. The number of ether oxygens (including phenoxy) is 1. The lowest BCUT2D eigenvalue weighted by Gasteiger charge is -2.37. The molecule has 3 rings (SSSR count). The van der Waals surface area contributed by atoms with Crippen LogP contribution < -0.4 is 4.74 Å². The van der Waals surface area contributed by atoms with Crippen molar-refractivity contribution >= 4 is 0 Å². The summed E-state index contributed by atoms with van der Waals surface area (Å²) in [4.78, 5) is 2.50. The Hall–Kier alpha value is -1.06. The number of piperidine rings is 1. The van der Waals surface area contributed by atoms with Gasteiger partial charge in [0.2, 0.25) is 0 Å². The average molecular weight is 289 g/mol. The first-order chi connectivity index (χ1) is 10.2. The summed E-state index contributed by atoms with van der Waals surface area (Å²) in [7, 11) is 1.68. The van der Waals surface area contributed by atoms with Gasteiger partial charge in [0.25, 0.3) is 0 Å². The predicted octanol–water partition coefficient (Wildman–Crippen LogP) is 3.17. The van der Waals surface area contributed by atoms with Gasteiger partial charge < -0.3 is 9.84 Å². The van der Waals surface area contributed by atoms with Crippen LogP contribution in [0.4, 0.5) is 0 Å². The predicted molar refractivity (Wildman–Crippen MR) is 84.7 cm³/mol. The van der Waals surface area contributed by atoms with Crippen LogP contribution in [0.1, 0.15) is 49.8 Å². The zero-order valence-electron chi connectivity index (χ0n) is 13.2. The number of hydrogen-bond donors (Lipinski definition) is 1. The quantitative estimate of drug-likeness (QED) is 0.924. The molecule has 3 heteroatoms. The molecule has 21 heavy (non-hydrogen) atoms. The van der Waals surface area contributed by atoms with Crippen LogP contribution in [0, 0.1) is 5.92 Å². The fourth-order valence-electron chi connectivity index (χ4n) is 4.02. The normalized spacial score (nSPS) is 26.8. The molecule has 0 spiro atoms. The Labute approximate surface area is 127 Å². The lowest BCUT2D eigenvalue weighted by Crippen LogP contribution is -2.43. The van der Waals surface area contributed by atoms with Crippen molar-refractivity contribution in [3.05, 3.63) is 29.3 Å². The molecule has 1 aromatic carbocycles. The molecule has 0 bridgehead atoms. The van der Waals surface area contributed by atoms with Gasteiger partial charge in [0.05, 0.1) is 13.2 Å². The topological polar surface area (TPSA) is 32.7 Å². The van der Waals surface area contributed by atoms with Crippen molar-refractivity contribution in [2.75, 3.05) is 20.2 Å². The first kappa shape index (κ1) is 14.9. The lowest BCUT2D eigenvalue weighted by atomic mass is 9.91. The smallest absolute Gasteiger partial charge is 0.119 e. The van der Waals surface area contributed by atoms with Crippen molar-refractivity contribution in [3.63, 3.8) is 0 Å². The number of rotatable bonds is 4.